The minimum Gasteiger partial charge on any atom is -0.352 e. The maximum absolute atomic E-state index is 12.3. The maximum Gasteiger partial charge on any atom is 0.258 e. The van der Waals surface area contributed by atoms with Crippen LogP contribution >= 0.6 is 23.4 Å². The number of halogens is 1. The van der Waals surface area contributed by atoms with Crippen LogP contribution in [0, 0.1) is 0 Å². The van der Waals surface area contributed by atoms with Crippen molar-refractivity contribution in [1.29, 1.82) is 0 Å². The summed E-state index contributed by atoms with van der Waals surface area (Å²) in [5, 5.41) is 13.3. The van der Waals surface area contributed by atoms with E-state index < -0.39 is 0 Å². The number of nitrogens with one attached hydrogen (secondary N) is 2. The smallest absolute Gasteiger partial charge is 0.258 e. The number of rotatable bonds is 8. The summed E-state index contributed by atoms with van der Waals surface area (Å²) in [4.78, 5) is 31.9. The van der Waals surface area contributed by atoms with Crippen LogP contribution in [0.3, 0.4) is 0 Å². The van der Waals surface area contributed by atoms with Gasteiger partial charge in [-0.2, -0.15) is 0 Å². The van der Waals surface area contributed by atoms with E-state index >= 15 is 0 Å². The number of para-hydroxylation sites is 1. The molecule has 0 aliphatic rings. The van der Waals surface area contributed by atoms with E-state index in [4.69, 9.17) is 11.6 Å². The molecular formula is C22H21ClN6O2S. The van der Waals surface area contributed by atoms with Crippen LogP contribution in [0.5, 0.6) is 0 Å². The highest BCUT2D eigenvalue weighted by Gasteiger charge is 2.13. The van der Waals surface area contributed by atoms with E-state index in [-0.39, 0.29) is 11.5 Å². The lowest BCUT2D eigenvalue weighted by atomic mass is 10.2. The van der Waals surface area contributed by atoms with Gasteiger partial charge in [-0.15, -0.1) is 10.2 Å². The summed E-state index contributed by atoms with van der Waals surface area (Å²) in [6.45, 7) is 3.14. The van der Waals surface area contributed by atoms with Gasteiger partial charge in [0.15, 0.2) is 5.16 Å². The predicted molar refractivity (Wildman–Crippen MR) is 125 cm³/mol. The number of H-pyrrole nitrogens is 1. The Hall–Kier alpha value is -3.17. The quantitative estimate of drug-likeness (QED) is 0.384. The van der Waals surface area contributed by atoms with Gasteiger partial charge in [-0.1, -0.05) is 35.5 Å². The molecule has 10 heteroatoms. The van der Waals surface area contributed by atoms with Crippen molar-refractivity contribution in [2.24, 2.45) is 0 Å². The Kier molecular flexibility index (Phi) is 6.87. The summed E-state index contributed by atoms with van der Waals surface area (Å²) in [6, 6.07) is 14.0. The van der Waals surface area contributed by atoms with Crippen molar-refractivity contribution in [3.05, 3.63) is 81.1 Å². The first-order valence-corrected chi connectivity index (χ1v) is 11.5. The normalized spacial score (nSPS) is 11.1. The lowest BCUT2D eigenvalue weighted by Gasteiger charge is -2.08. The van der Waals surface area contributed by atoms with E-state index in [0.29, 0.717) is 52.6 Å². The fourth-order valence-electron chi connectivity index (χ4n) is 3.26. The summed E-state index contributed by atoms with van der Waals surface area (Å²) in [5.74, 6) is 1.67. The molecule has 0 fully saturated rings. The summed E-state index contributed by atoms with van der Waals surface area (Å²) >= 11 is 7.32. The second-order valence-electron chi connectivity index (χ2n) is 6.97. The van der Waals surface area contributed by atoms with Gasteiger partial charge in [0.25, 0.3) is 11.5 Å². The molecule has 0 spiro atoms. The van der Waals surface area contributed by atoms with Crippen molar-refractivity contribution in [2.75, 3.05) is 6.54 Å². The van der Waals surface area contributed by atoms with E-state index in [2.05, 4.69) is 25.5 Å². The molecule has 4 aromatic rings. The van der Waals surface area contributed by atoms with Crippen LogP contribution in [0.2, 0.25) is 5.02 Å². The van der Waals surface area contributed by atoms with Crippen LogP contribution in [0.15, 0.2) is 58.5 Å². The lowest BCUT2D eigenvalue weighted by molar-refractivity contribution is 0.0954. The maximum atomic E-state index is 12.3. The second-order valence-corrected chi connectivity index (χ2v) is 8.35. The minimum absolute atomic E-state index is 0.153. The minimum atomic E-state index is -0.162. The van der Waals surface area contributed by atoms with Gasteiger partial charge in [-0.05, 0) is 43.3 Å². The summed E-state index contributed by atoms with van der Waals surface area (Å²) in [7, 11) is 0. The highest BCUT2D eigenvalue weighted by molar-refractivity contribution is 7.98. The van der Waals surface area contributed by atoms with E-state index in [1.54, 1.807) is 30.3 Å². The van der Waals surface area contributed by atoms with Crippen molar-refractivity contribution < 1.29 is 4.79 Å². The summed E-state index contributed by atoms with van der Waals surface area (Å²) in [5.41, 5.74) is 1.07. The fraction of sp³-hybridized carbons (Fsp3) is 0.227. The van der Waals surface area contributed by atoms with Gasteiger partial charge in [-0.3, -0.25) is 9.59 Å². The van der Waals surface area contributed by atoms with Crippen molar-refractivity contribution in [1.82, 2.24) is 30.0 Å². The third kappa shape index (κ3) is 5.00. The predicted octanol–water partition coefficient (Wildman–Crippen LogP) is 3.45. The standard InChI is InChI=1S/C22H21ClN6O2S/c1-2-29-19(11-12-24-20(30)14-7-9-15(23)10-8-14)27-28-22(29)32-13-18-25-17-6-4-3-5-16(17)21(31)26-18/h3-10H,2,11-13H2,1H3,(H,24,30)(H,25,26,31). The molecule has 2 heterocycles. The van der Waals surface area contributed by atoms with Gasteiger partial charge in [0, 0.05) is 30.1 Å². The van der Waals surface area contributed by atoms with Gasteiger partial charge in [0.05, 0.1) is 16.7 Å². The number of thioether (sulfide) groups is 1. The molecule has 2 N–H and O–H groups in total. The van der Waals surface area contributed by atoms with Crippen molar-refractivity contribution >= 4 is 40.2 Å². The molecule has 2 aromatic heterocycles. The van der Waals surface area contributed by atoms with Crippen molar-refractivity contribution in [3.8, 4) is 0 Å². The molecule has 32 heavy (non-hydrogen) atoms. The first-order valence-electron chi connectivity index (χ1n) is 10.1. The lowest BCUT2D eigenvalue weighted by Crippen LogP contribution is -2.26. The average Bonchev–Trinajstić information content (AvgIpc) is 3.20. The monoisotopic (exact) mass is 468 g/mol. The fourth-order valence-corrected chi connectivity index (χ4v) is 4.27. The number of carbonyl (C=O) groups is 1. The van der Waals surface area contributed by atoms with Crippen molar-refractivity contribution in [3.63, 3.8) is 0 Å². The van der Waals surface area contributed by atoms with Crippen LogP contribution in [0.4, 0.5) is 0 Å². The van der Waals surface area contributed by atoms with Crippen LogP contribution in [-0.2, 0) is 18.7 Å². The topological polar surface area (TPSA) is 106 Å². The number of fused-ring (bicyclic) bond motifs is 1. The van der Waals surface area contributed by atoms with E-state index in [9.17, 15) is 9.59 Å². The zero-order valence-electron chi connectivity index (χ0n) is 17.3. The number of hydrogen-bond donors (Lipinski definition) is 2. The number of hydrogen-bond acceptors (Lipinski definition) is 6. The number of aromatic amines is 1. The first kappa shape index (κ1) is 22.0. The van der Waals surface area contributed by atoms with Crippen LogP contribution in [0.25, 0.3) is 10.9 Å². The molecule has 0 saturated heterocycles. The molecule has 0 saturated carbocycles. The molecule has 4 rings (SSSR count). The molecule has 1 amide bonds. The highest BCUT2D eigenvalue weighted by atomic mass is 35.5. The zero-order chi connectivity index (χ0) is 22.5. The van der Waals surface area contributed by atoms with Gasteiger partial charge in [-0.25, -0.2) is 4.98 Å². The molecule has 0 radical (unpaired) electrons. The van der Waals surface area contributed by atoms with Crippen LogP contribution < -0.4 is 10.9 Å². The van der Waals surface area contributed by atoms with E-state index in [0.717, 1.165) is 11.0 Å². The molecule has 8 nitrogen and oxygen atoms in total. The number of nitrogens with zero attached hydrogens (tertiary/aromatic N) is 4. The number of carbonyl (C=O) groups excluding carboxylic acids is 1. The van der Waals surface area contributed by atoms with Gasteiger partial charge in [0.2, 0.25) is 0 Å². The Labute approximate surface area is 193 Å². The van der Waals surface area contributed by atoms with Gasteiger partial charge in [0.1, 0.15) is 11.6 Å². The zero-order valence-corrected chi connectivity index (χ0v) is 18.9. The van der Waals surface area contributed by atoms with Gasteiger partial charge < -0.3 is 14.9 Å². The summed E-state index contributed by atoms with van der Waals surface area (Å²) in [6.07, 6.45) is 0.547. The first-order chi connectivity index (χ1) is 15.5. The molecule has 0 bridgehead atoms. The second kappa shape index (κ2) is 9.97. The Morgan fingerprint density at radius 1 is 1.16 bits per heavy atom. The van der Waals surface area contributed by atoms with E-state index in [1.165, 1.54) is 11.8 Å². The Balaban J connectivity index is 1.38. The molecule has 0 aliphatic carbocycles. The third-order valence-electron chi connectivity index (χ3n) is 4.85. The highest BCUT2D eigenvalue weighted by Crippen LogP contribution is 2.21. The SMILES string of the molecule is CCn1c(CCNC(=O)c2ccc(Cl)cc2)nnc1SCc1nc2ccccc2c(=O)[nH]1. The summed E-state index contributed by atoms with van der Waals surface area (Å²) < 4.78 is 2.00. The largest absolute Gasteiger partial charge is 0.352 e. The van der Waals surface area contributed by atoms with Crippen LogP contribution in [-0.4, -0.2) is 37.2 Å². The molecule has 164 valence electrons. The van der Waals surface area contributed by atoms with Crippen LogP contribution in [0.1, 0.15) is 28.9 Å². The Morgan fingerprint density at radius 3 is 2.72 bits per heavy atom. The Bertz CT molecular complexity index is 1300. The molecule has 2 aromatic carbocycles. The molecule has 0 aliphatic heterocycles. The molecule has 0 unspecified atom stereocenters. The third-order valence-corrected chi connectivity index (χ3v) is 6.08. The number of amides is 1. The Morgan fingerprint density at radius 2 is 1.94 bits per heavy atom. The number of aromatic nitrogens is 5. The number of benzene rings is 2. The molecule has 0 atom stereocenters. The van der Waals surface area contributed by atoms with Crippen molar-refractivity contribution in [2.45, 2.75) is 30.8 Å². The van der Waals surface area contributed by atoms with E-state index in [1.807, 2.05) is 29.7 Å². The van der Waals surface area contributed by atoms with Gasteiger partial charge >= 0.3 is 0 Å². The average molecular weight is 469 g/mol. The molecular weight excluding hydrogens is 448 g/mol.